The highest BCUT2D eigenvalue weighted by atomic mass is 32.2. The van der Waals surface area contributed by atoms with Crippen molar-refractivity contribution < 1.29 is 17.9 Å². The number of esters is 1. The van der Waals surface area contributed by atoms with E-state index >= 15 is 0 Å². The molecule has 0 unspecified atom stereocenters. The summed E-state index contributed by atoms with van der Waals surface area (Å²) in [5.41, 5.74) is 5.22. The molecule has 6 nitrogen and oxygen atoms in total. The highest BCUT2D eigenvalue weighted by Crippen LogP contribution is 2.19. The lowest BCUT2D eigenvalue weighted by molar-refractivity contribution is 0.0600. The second-order valence-electron chi connectivity index (χ2n) is 4.82. The van der Waals surface area contributed by atoms with Crippen LogP contribution in [-0.4, -0.2) is 33.6 Å². The molecule has 0 aliphatic carbocycles. The van der Waals surface area contributed by atoms with Crippen LogP contribution < -0.4 is 10.5 Å². The fourth-order valence-corrected chi connectivity index (χ4v) is 3.58. The van der Waals surface area contributed by atoms with E-state index in [2.05, 4.69) is 9.46 Å². The molecule has 0 amide bonds. The molecular weight excluding hydrogens is 292 g/mol. The van der Waals surface area contributed by atoms with Crippen LogP contribution in [-0.2, 0) is 14.8 Å². The van der Waals surface area contributed by atoms with Crippen molar-refractivity contribution in [2.45, 2.75) is 37.1 Å². The minimum atomic E-state index is -3.76. The zero-order valence-electron chi connectivity index (χ0n) is 12.5. The number of methoxy groups -OCH3 is 1. The Hall–Kier alpha value is -1.44. The highest BCUT2D eigenvalue weighted by Gasteiger charge is 2.31. The minimum Gasteiger partial charge on any atom is -0.465 e. The highest BCUT2D eigenvalue weighted by molar-refractivity contribution is 7.89. The Balaban J connectivity index is 3.16. The summed E-state index contributed by atoms with van der Waals surface area (Å²) in [7, 11) is -2.51. The molecule has 0 aliphatic rings. The molecule has 0 fully saturated rings. The molecule has 0 spiro atoms. The third kappa shape index (κ3) is 4.03. The van der Waals surface area contributed by atoms with Crippen molar-refractivity contribution in [2.24, 2.45) is 5.73 Å². The average molecular weight is 314 g/mol. The number of carbonyl (C=O) groups excluding carboxylic acids is 1. The van der Waals surface area contributed by atoms with Gasteiger partial charge in [0.15, 0.2) is 0 Å². The third-order valence-electron chi connectivity index (χ3n) is 3.66. The average Bonchev–Trinajstić information content (AvgIpc) is 2.52. The van der Waals surface area contributed by atoms with Crippen molar-refractivity contribution in [3.8, 4) is 0 Å². The van der Waals surface area contributed by atoms with Gasteiger partial charge in [-0.15, -0.1) is 0 Å². The van der Waals surface area contributed by atoms with E-state index in [0.717, 1.165) is 0 Å². The standard InChI is InChI=1S/C14H22N2O4S/c1-4-14(5-2,10-15)16-21(18,19)12-8-6-7-11(9-12)13(17)20-3/h6-9,16H,4-5,10,15H2,1-3H3. The van der Waals surface area contributed by atoms with Crippen LogP contribution in [0.2, 0.25) is 0 Å². The fraction of sp³-hybridized carbons (Fsp3) is 0.500. The van der Waals surface area contributed by atoms with E-state index in [1.54, 1.807) is 0 Å². The first-order valence-electron chi connectivity index (χ1n) is 6.76. The number of nitrogens with one attached hydrogen (secondary N) is 1. The van der Waals surface area contributed by atoms with E-state index in [1.807, 2.05) is 13.8 Å². The maximum atomic E-state index is 12.5. The van der Waals surface area contributed by atoms with Gasteiger partial charge in [0.05, 0.1) is 17.6 Å². The molecule has 0 saturated heterocycles. The third-order valence-corrected chi connectivity index (χ3v) is 5.24. The van der Waals surface area contributed by atoms with Gasteiger partial charge >= 0.3 is 5.97 Å². The second-order valence-corrected chi connectivity index (χ2v) is 6.50. The van der Waals surface area contributed by atoms with Gasteiger partial charge in [0.25, 0.3) is 0 Å². The fourth-order valence-electron chi connectivity index (χ4n) is 1.98. The van der Waals surface area contributed by atoms with Crippen LogP contribution in [0.15, 0.2) is 29.2 Å². The van der Waals surface area contributed by atoms with Gasteiger partial charge in [-0.3, -0.25) is 0 Å². The van der Waals surface area contributed by atoms with E-state index in [1.165, 1.54) is 31.4 Å². The van der Waals surface area contributed by atoms with Gasteiger partial charge in [0.1, 0.15) is 0 Å². The Morgan fingerprint density at radius 1 is 1.33 bits per heavy atom. The van der Waals surface area contributed by atoms with Gasteiger partial charge in [-0.25, -0.2) is 17.9 Å². The number of ether oxygens (including phenoxy) is 1. The monoisotopic (exact) mass is 314 g/mol. The van der Waals surface area contributed by atoms with Crippen LogP contribution in [0.1, 0.15) is 37.0 Å². The summed E-state index contributed by atoms with van der Waals surface area (Å²) in [6.07, 6.45) is 1.16. The lowest BCUT2D eigenvalue weighted by Crippen LogP contribution is -2.52. The van der Waals surface area contributed by atoms with Crippen LogP contribution >= 0.6 is 0 Å². The summed E-state index contributed by atoms with van der Waals surface area (Å²) in [6.45, 7) is 3.96. The molecule has 21 heavy (non-hydrogen) atoms. The molecular formula is C14H22N2O4S. The van der Waals surface area contributed by atoms with Gasteiger partial charge in [0, 0.05) is 12.1 Å². The van der Waals surface area contributed by atoms with Gasteiger partial charge < -0.3 is 10.5 Å². The van der Waals surface area contributed by atoms with E-state index in [4.69, 9.17) is 5.73 Å². The number of rotatable bonds is 7. The molecule has 0 atom stereocenters. The van der Waals surface area contributed by atoms with Crippen LogP contribution in [0.3, 0.4) is 0 Å². The summed E-state index contributed by atoms with van der Waals surface area (Å²) in [6, 6.07) is 5.73. The first-order valence-corrected chi connectivity index (χ1v) is 8.25. The second kappa shape index (κ2) is 7.02. The molecule has 1 aromatic carbocycles. The lowest BCUT2D eigenvalue weighted by Gasteiger charge is -2.31. The van der Waals surface area contributed by atoms with Gasteiger partial charge in [-0.2, -0.15) is 0 Å². The Morgan fingerprint density at radius 3 is 2.43 bits per heavy atom. The minimum absolute atomic E-state index is 0.0186. The number of sulfonamides is 1. The van der Waals surface area contributed by atoms with Crippen molar-refractivity contribution >= 4 is 16.0 Å². The van der Waals surface area contributed by atoms with E-state index in [9.17, 15) is 13.2 Å². The summed E-state index contributed by atoms with van der Waals surface area (Å²) in [5, 5.41) is 0. The van der Waals surface area contributed by atoms with E-state index in [-0.39, 0.29) is 17.0 Å². The van der Waals surface area contributed by atoms with Gasteiger partial charge in [-0.1, -0.05) is 19.9 Å². The predicted molar refractivity (Wildman–Crippen MR) is 80.5 cm³/mol. The van der Waals surface area contributed by atoms with Crippen molar-refractivity contribution in [3.63, 3.8) is 0 Å². The number of hydrogen-bond acceptors (Lipinski definition) is 5. The SMILES string of the molecule is CCC(CC)(CN)NS(=O)(=O)c1cccc(C(=O)OC)c1. The first kappa shape index (κ1) is 17.6. The Labute approximate surface area is 125 Å². The summed E-state index contributed by atoms with van der Waals surface area (Å²) >= 11 is 0. The summed E-state index contributed by atoms with van der Waals surface area (Å²) in [5.74, 6) is -0.580. The molecule has 0 saturated carbocycles. The number of benzene rings is 1. The quantitative estimate of drug-likeness (QED) is 0.738. The Bertz CT molecular complexity index is 586. The zero-order chi connectivity index (χ0) is 16.1. The molecule has 0 aliphatic heterocycles. The van der Waals surface area contributed by atoms with Crippen molar-refractivity contribution in [1.82, 2.24) is 4.72 Å². The molecule has 0 heterocycles. The normalized spacial score (nSPS) is 12.2. The molecule has 1 rings (SSSR count). The molecule has 0 aromatic heterocycles. The molecule has 7 heteroatoms. The molecule has 0 bridgehead atoms. The van der Waals surface area contributed by atoms with E-state index < -0.39 is 21.5 Å². The largest absolute Gasteiger partial charge is 0.465 e. The van der Waals surface area contributed by atoms with Crippen LogP contribution in [0.4, 0.5) is 0 Å². The number of nitrogens with two attached hydrogens (primary N) is 1. The Kier molecular flexibility index (Phi) is 5.88. The topological polar surface area (TPSA) is 98.5 Å². The van der Waals surface area contributed by atoms with Gasteiger partial charge in [-0.05, 0) is 31.0 Å². The Morgan fingerprint density at radius 2 is 1.95 bits per heavy atom. The van der Waals surface area contributed by atoms with Crippen molar-refractivity contribution in [3.05, 3.63) is 29.8 Å². The zero-order valence-corrected chi connectivity index (χ0v) is 13.4. The number of hydrogen-bond donors (Lipinski definition) is 2. The predicted octanol–water partition coefficient (Wildman–Crippen LogP) is 1.27. The van der Waals surface area contributed by atoms with Crippen molar-refractivity contribution in [1.29, 1.82) is 0 Å². The first-order chi connectivity index (χ1) is 9.84. The van der Waals surface area contributed by atoms with Crippen LogP contribution in [0, 0.1) is 0 Å². The summed E-state index contributed by atoms with van der Waals surface area (Å²) in [4.78, 5) is 11.5. The van der Waals surface area contributed by atoms with Crippen LogP contribution in [0.25, 0.3) is 0 Å². The molecule has 1 aromatic rings. The lowest BCUT2D eigenvalue weighted by atomic mass is 9.95. The number of carbonyl (C=O) groups is 1. The van der Waals surface area contributed by atoms with E-state index in [0.29, 0.717) is 12.8 Å². The maximum Gasteiger partial charge on any atom is 0.337 e. The summed E-state index contributed by atoms with van der Waals surface area (Å²) < 4.78 is 32.2. The molecule has 0 radical (unpaired) electrons. The van der Waals surface area contributed by atoms with Gasteiger partial charge in [0.2, 0.25) is 10.0 Å². The van der Waals surface area contributed by atoms with Crippen LogP contribution in [0.5, 0.6) is 0 Å². The molecule has 118 valence electrons. The van der Waals surface area contributed by atoms with Crippen molar-refractivity contribution in [2.75, 3.05) is 13.7 Å². The maximum absolute atomic E-state index is 12.5. The smallest absolute Gasteiger partial charge is 0.337 e. The molecule has 3 N–H and O–H groups in total.